The van der Waals surface area contributed by atoms with Crippen molar-refractivity contribution in [2.45, 2.75) is 46.3 Å². The number of likely N-dealkylation sites (tertiary alicyclic amines) is 1. The number of unbranched alkanes of at least 4 members (excludes halogenated alkanes) is 1. The van der Waals surface area contributed by atoms with Crippen molar-refractivity contribution in [3.05, 3.63) is 101 Å². The van der Waals surface area contributed by atoms with Crippen molar-refractivity contribution < 1.29 is 29.0 Å². The number of aryl methyl sites for hydroxylation is 1. The molecule has 3 aromatic rings. The lowest BCUT2D eigenvalue weighted by molar-refractivity contribution is -0.139. The van der Waals surface area contributed by atoms with Gasteiger partial charge in [-0.05, 0) is 60.4 Å². The van der Waals surface area contributed by atoms with Gasteiger partial charge in [-0.1, -0.05) is 55.8 Å². The number of ketones is 1. The summed E-state index contributed by atoms with van der Waals surface area (Å²) in [5.74, 6) is -1.20. The SMILES string of the molecule is CCCCN1C(=O)C(=O)/C(=C(/O)c2ccc(OCc3ccccc3)c(C)c2)C1c1cccc(OC(C)=O)c1. The van der Waals surface area contributed by atoms with Crippen molar-refractivity contribution >= 4 is 23.4 Å². The Kier molecular flexibility index (Phi) is 8.26. The van der Waals surface area contributed by atoms with Crippen molar-refractivity contribution in [3.63, 3.8) is 0 Å². The largest absolute Gasteiger partial charge is 0.507 e. The summed E-state index contributed by atoms with van der Waals surface area (Å²) < 4.78 is 11.2. The molecule has 1 aliphatic heterocycles. The predicted octanol–water partition coefficient (Wildman–Crippen LogP) is 5.72. The zero-order valence-corrected chi connectivity index (χ0v) is 21.8. The van der Waals surface area contributed by atoms with Crippen LogP contribution < -0.4 is 9.47 Å². The highest BCUT2D eigenvalue weighted by molar-refractivity contribution is 6.46. The van der Waals surface area contributed by atoms with E-state index in [0.717, 1.165) is 17.5 Å². The van der Waals surface area contributed by atoms with Crippen molar-refractivity contribution in [1.82, 2.24) is 4.90 Å². The van der Waals surface area contributed by atoms with Gasteiger partial charge in [-0.3, -0.25) is 14.4 Å². The molecule has 38 heavy (non-hydrogen) atoms. The number of carbonyl (C=O) groups is 3. The molecule has 0 spiro atoms. The second kappa shape index (κ2) is 11.8. The first-order valence-electron chi connectivity index (χ1n) is 12.6. The number of benzene rings is 3. The maximum absolute atomic E-state index is 13.2. The van der Waals surface area contributed by atoms with Gasteiger partial charge in [0.15, 0.2) is 0 Å². The second-order valence-corrected chi connectivity index (χ2v) is 9.27. The average Bonchev–Trinajstić information content (AvgIpc) is 3.16. The first-order valence-corrected chi connectivity index (χ1v) is 12.6. The van der Waals surface area contributed by atoms with Crippen LogP contribution in [-0.2, 0) is 21.0 Å². The number of nitrogens with zero attached hydrogens (tertiary/aromatic N) is 1. The van der Waals surface area contributed by atoms with E-state index >= 15 is 0 Å². The molecule has 0 radical (unpaired) electrons. The fraction of sp³-hybridized carbons (Fsp3) is 0.258. The Hall–Kier alpha value is -4.39. The molecule has 0 aromatic heterocycles. The van der Waals surface area contributed by atoms with Gasteiger partial charge in [0.1, 0.15) is 23.9 Å². The molecule has 7 heteroatoms. The molecule has 196 valence electrons. The number of ether oxygens (including phenoxy) is 2. The number of hydrogen-bond donors (Lipinski definition) is 1. The molecular formula is C31H31NO6. The molecule has 1 amide bonds. The van der Waals surface area contributed by atoms with E-state index in [1.54, 1.807) is 42.5 Å². The van der Waals surface area contributed by atoms with Gasteiger partial charge >= 0.3 is 5.97 Å². The van der Waals surface area contributed by atoms with Crippen LogP contribution >= 0.6 is 0 Å². The van der Waals surface area contributed by atoms with E-state index in [-0.39, 0.29) is 11.3 Å². The Balaban J connectivity index is 1.72. The van der Waals surface area contributed by atoms with Crippen LogP contribution in [0.3, 0.4) is 0 Å². The van der Waals surface area contributed by atoms with Crippen LogP contribution in [0.5, 0.6) is 11.5 Å². The molecule has 7 nitrogen and oxygen atoms in total. The second-order valence-electron chi connectivity index (χ2n) is 9.27. The number of rotatable bonds is 9. The first-order chi connectivity index (χ1) is 18.3. The molecule has 0 saturated carbocycles. The van der Waals surface area contributed by atoms with Gasteiger partial charge in [0, 0.05) is 19.0 Å². The van der Waals surface area contributed by atoms with E-state index in [1.807, 2.05) is 44.2 Å². The Morgan fingerprint density at radius 2 is 1.76 bits per heavy atom. The van der Waals surface area contributed by atoms with Gasteiger partial charge in [-0.15, -0.1) is 0 Å². The predicted molar refractivity (Wildman–Crippen MR) is 144 cm³/mol. The van der Waals surface area contributed by atoms with Gasteiger partial charge in [0.2, 0.25) is 0 Å². The summed E-state index contributed by atoms with van der Waals surface area (Å²) in [4.78, 5) is 39.3. The van der Waals surface area contributed by atoms with Crippen LogP contribution in [0.15, 0.2) is 78.4 Å². The number of esters is 1. The highest BCUT2D eigenvalue weighted by Crippen LogP contribution is 2.41. The van der Waals surface area contributed by atoms with E-state index in [9.17, 15) is 19.5 Å². The molecule has 0 bridgehead atoms. The van der Waals surface area contributed by atoms with Crippen LogP contribution in [-0.4, -0.2) is 34.2 Å². The maximum Gasteiger partial charge on any atom is 0.308 e. The van der Waals surface area contributed by atoms with Crippen LogP contribution in [0.1, 0.15) is 55.0 Å². The van der Waals surface area contributed by atoms with Gasteiger partial charge in [-0.25, -0.2) is 0 Å². The van der Waals surface area contributed by atoms with Crippen molar-refractivity contribution in [1.29, 1.82) is 0 Å². The molecule has 1 aliphatic rings. The topological polar surface area (TPSA) is 93.1 Å². The lowest BCUT2D eigenvalue weighted by Crippen LogP contribution is -2.30. The summed E-state index contributed by atoms with van der Waals surface area (Å²) in [5.41, 5.74) is 2.79. The summed E-state index contributed by atoms with van der Waals surface area (Å²) in [6, 6.07) is 20.8. The quantitative estimate of drug-likeness (QED) is 0.129. The maximum atomic E-state index is 13.2. The first kappa shape index (κ1) is 26.7. The third-order valence-electron chi connectivity index (χ3n) is 6.41. The summed E-state index contributed by atoms with van der Waals surface area (Å²) in [6.07, 6.45) is 1.52. The van der Waals surface area contributed by atoms with Gasteiger partial charge < -0.3 is 19.5 Å². The Morgan fingerprint density at radius 1 is 1.00 bits per heavy atom. The van der Waals surface area contributed by atoms with Crippen LogP contribution in [0.2, 0.25) is 0 Å². The smallest absolute Gasteiger partial charge is 0.308 e. The Labute approximate surface area is 222 Å². The Morgan fingerprint density at radius 3 is 2.45 bits per heavy atom. The highest BCUT2D eigenvalue weighted by atomic mass is 16.5. The van der Waals surface area contributed by atoms with Gasteiger partial charge in [0.05, 0.1) is 11.6 Å². The summed E-state index contributed by atoms with van der Waals surface area (Å²) in [7, 11) is 0. The van der Waals surface area contributed by atoms with E-state index in [1.165, 1.54) is 11.8 Å². The zero-order valence-electron chi connectivity index (χ0n) is 21.8. The molecule has 4 rings (SSSR count). The highest BCUT2D eigenvalue weighted by Gasteiger charge is 2.45. The molecular weight excluding hydrogens is 482 g/mol. The lowest BCUT2D eigenvalue weighted by atomic mass is 9.94. The van der Waals surface area contributed by atoms with Crippen molar-refractivity contribution in [2.75, 3.05) is 6.54 Å². The number of aliphatic hydroxyl groups excluding tert-OH is 1. The summed E-state index contributed by atoms with van der Waals surface area (Å²) in [5, 5.41) is 11.4. The van der Waals surface area contributed by atoms with Crippen LogP contribution in [0.4, 0.5) is 0 Å². The van der Waals surface area contributed by atoms with E-state index in [0.29, 0.717) is 42.2 Å². The molecule has 3 aromatic carbocycles. The molecule has 1 N–H and O–H groups in total. The molecule has 1 unspecified atom stereocenters. The third-order valence-corrected chi connectivity index (χ3v) is 6.41. The van der Waals surface area contributed by atoms with Crippen molar-refractivity contribution in [2.24, 2.45) is 0 Å². The molecule has 1 saturated heterocycles. The third kappa shape index (κ3) is 5.78. The molecule has 1 heterocycles. The van der Waals surface area contributed by atoms with Crippen molar-refractivity contribution in [3.8, 4) is 11.5 Å². The number of hydrogen-bond acceptors (Lipinski definition) is 6. The fourth-order valence-corrected chi connectivity index (χ4v) is 4.55. The lowest BCUT2D eigenvalue weighted by Gasteiger charge is -2.25. The zero-order chi connectivity index (χ0) is 27.2. The van der Waals surface area contributed by atoms with E-state index in [2.05, 4.69) is 0 Å². The van der Waals surface area contributed by atoms with E-state index < -0.39 is 23.7 Å². The standard InChI is InChI=1S/C31H31NO6/c1-4-5-16-32-28(23-12-9-13-25(18-23)38-21(3)33)27(30(35)31(32)36)29(34)24-14-15-26(20(2)17-24)37-19-22-10-7-6-8-11-22/h6-15,17-18,28,34H,4-5,16,19H2,1-3H3/b29-27+. The summed E-state index contributed by atoms with van der Waals surface area (Å²) >= 11 is 0. The fourth-order valence-electron chi connectivity index (χ4n) is 4.55. The monoisotopic (exact) mass is 513 g/mol. The normalized spacial score (nSPS) is 16.5. The number of carbonyl (C=O) groups excluding carboxylic acids is 3. The minimum Gasteiger partial charge on any atom is -0.507 e. The molecule has 1 fully saturated rings. The van der Waals surface area contributed by atoms with Crippen LogP contribution in [0.25, 0.3) is 5.76 Å². The number of amides is 1. The minimum atomic E-state index is -0.814. The minimum absolute atomic E-state index is 0.00318. The summed E-state index contributed by atoms with van der Waals surface area (Å²) in [6.45, 7) is 5.91. The molecule has 1 atom stereocenters. The van der Waals surface area contributed by atoms with Gasteiger partial charge in [-0.2, -0.15) is 0 Å². The number of Topliss-reactive ketones (excluding diaryl/α,β-unsaturated/α-hetero) is 1. The van der Waals surface area contributed by atoms with Gasteiger partial charge in [0.25, 0.3) is 11.7 Å². The Bertz CT molecular complexity index is 1380. The number of aliphatic hydroxyl groups is 1. The average molecular weight is 514 g/mol. The van der Waals surface area contributed by atoms with Crippen LogP contribution in [0, 0.1) is 6.92 Å². The van der Waals surface area contributed by atoms with E-state index in [4.69, 9.17) is 9.47 Å². The molecule has 0 aliphatic carbocycles.